The smallest absolute Gasteiger partial charge is 0.265 e. The maximum atomic E-state index is 12.6. The first-order valence-corrected chi connectivity index (χ1v) is 9.48. The number of fused-ring (bicyclic) bond motifs is 1. The van der Waals surface area contributed by atoms with Crippen molar-refractivity contribution in [2.24, 2.45) is 5.92 Å². The molecule has 0 aliphatic heterocycles. The lowest BCUT2D eigenvalue weighted by Gasteiger charge is -2.16. The Hall–Kier alpha value is -1.85. The van der Waals surface area contributed by atoms with Crippen molar-refractivity contribution in [1.82, 2.24) is 4.90 Å². The summed E-state index contributed by atoms with van der Waals surface area (Å²) in [6.45, 7) is 2.25. The molecule has 2 aromatic rings. The molecule has 0 fully saturated rings. The van der Waals surface area contributed by atoms with E-state index in [0.29, 0.717) is 22.2 Å². The molecule has 0 radical (unpaired) electrons. The summed E-state index contributed by atoms with van der Waals surface area (Å²) >= 11 is 7.68. The number of halogens is 1. The van der Waals surface area contributed by atoms with E-state index >= 15 is 0 Å². The van der Waals surface area contributed by atoms with E-state index in [0.717, 1.165) is 17.7 Å². The summed E-state index contributed by atoms with van der Waals surface area (Å²) in [4.78, 5) is 28.3. The van der Waals surface area contributed by atoms with E-state index in [2.05, 4.69) is 12.2 Å². The van der Waals surface area contributed by atoms with Gasteiger partial charge in [-0.05, 0) is 55.0 Å². The van der Waals surface area contributed by atoms with Gasteiger partial charge < -0.3 is 10.2 Å². The molecule has 1 aliphatic carbocycles. The van der Waals surface area contributed by atoms with Gasteiger partial charge in [-0.15, -0.1) is 11.3 Å². The highest BCUT2D eigenvalue weighted by atomic mass is 35.5. The minimum absolute atomic E-state index is 0.141. The van der Waals surface area contributed by atoms with E-state index in [1.807, 2.05) is 6.07 Å². The Bertz CT molecular complexity index is 829. The van der Waals surface area contributed by atoms with E-state index in [4.69, 9.17) is 11.6 Å². The zero-order chi connectivity index (χ0) is 18.1. The monoisotopic (exact) mass is 376 g/mol. The quantitative estimate of drug-likeness (QED) is 0.858. The van der Waals surface area contributed by atoms with Crippen molar-refractivity contribution in [1.29, 1.82) is 0 Å². The summed E-state index contributed by atoms with van der Waals surface area (Å²) in [6, 6.07) is 6.97. The van der Waals surface area contributed by atoms with Gasteiger partial charge in [-0.25, -0.2) is 0 Å². The molecule has 2 amide bonds. The number of thiophene rings is 1. The van der Waals surface area contributed by atoms with Crippen LogP contribution in [0, 0.1) is 5.92 Å². The van der Waals surface area contributed by atoms with Gasteiger partial charge in [0.1, 0.15) is 0 Å². The number of aryl methyl sites for hydroxylation is 1. The van der Waals surface area contributed by atoms with Gasteiger partial charge in [-0.3, -0.25) is 9.59 Å². The van der Waals surface area contributed by atoms with Gasteiger partial charge in [0.05, 0.1) is 15.5 Å². The van der Waals surface area contributed by atoms with E-state index in [1.54, 1.807) is 43.6 Å². The van der Waals surface area contributed by atoms with Crippen molar-refractivity contribution in [3.63, 3.8) is 0 Å². The van der Waals surface area contributed by atoms with Crippen LogP contribution in [0.25, 0.3) is 0 Å². The SMILES string of the molecule is CC1CCc2sc(C(=O)Nc3ccc(Cl)c(C(=O)N(C)C)c3)cc2C1. The molecule has 1 aromatic heterocycles. The lowest BCUT2D eigenvalue weighted by atomic mass is 9.90. The Labute approximate surface area is 156 Å². The number of carbonyl (C=O) groups is 2. The topological polar surface area (TPSA) is 49.4 Å². The second-order valence-corrected chi connectivity index (χ2v) is 8.30. The fourth-order valence-electron chi connectivity index (χ4n) is 3.02. The van der Waals surface area contributed by atoms with Crippen molar-refractivity contribution < 1.29 is 9.59 Å². The third kappa shape index (κ3) is 3.88. The summed E-state index contributed by atoms with van der Waals surface area (Å²) in [7, 11) is 3.34. The lowest BCUT2D eigenvalue weighted by molar-refractivity contribution is 0.0827. The number of hydrogen-bond acceptors (Lipinski definition) is 3. The van der Waals surface area contributed by atoms with Gasteiger partial charge in [0, 0.05) is 24.7 Å². The standard InChI is InChI=1S/C19H21ClN2O2S/c1-11-4-7-16-12(8-11)9-17(25-16)18(23)21-13-5-6-15(20)14(10-13)19(24)22(2)3/h5-6,9-11H,4,7-8H2,1-3H3,(H,21,23). The van der Waals surface area contributed by atoms with Gasteiger partial charge >= 0.3 is 0 Å². The molecule has 1 atom stereocenters. The van der Waals surface area contributed by atoms with E-state index in [-0.39, 0.29) is 11.8 Å². The summed E-state index contributed by atoms with van der Waals surface area (Å²) in [5, 5.41) is 3.25. The third-order valence-electron chi connectivity index (χ3n) is 4.41. The number of nitrogens with one attached hydrogen (secondary N) is 1. The molecule has 0 bridgehead atoms. The first-order chi connectivity index (χ1) is 11.8. The van der Waals surface area contributed by atoms with Crippen molar-refractivity contribution >= 4 is 40.4 Å². The molecule has 25 heavy (non-hydrogen) atoms. The molecular weight excluding hydrogens is 356 g/mol. The van der Waals surface area contributed by atoms with Crippen LogP contribution in [0.5, 0.6) is 0 Å². The molecule has 1 heterocycles. The molecule has 1 aromatic carbocycles. The third-order valence-corrected chi connectivity index (χ3v) is 5.98. The minimum atomic E-state index is -0.193. The molecule has 0 saturated heterocycles. The average molecular weight is 377 g/mol. The predicted octanol–water partition coefficient (Wildman–Crippen LogP) is 4.48. The van der Waals surface area contributed by atoms with Crippen molar-refractivity contribution in [3.05, 3.63) is 50.2 Å². The Kier molecular flexibility index (Phi) is 5.16. The van der Waals surface area contributed by atoms with Gasteiger partial charge in [0.2, 0.25) is 0 Å². The number of rotatable bonds is 3. The Morgan fingerprint density at radius 2 is 2.04 bits per heavy atom. The van der Waals surface area contributed by atoms with Crippen LogP contribution in [-0.4, -0.2) is 30.8 Å². The van der Waals surface area contributed by atoms with E-state index in [1.165, 1.54) is 21.8 Å². The molecule has 3 rings (SSSR count). The fourth-order valence-corrected chi connectivity index (χ4v) is 4.32. The molecule has 6 heteroatoms. The summed E-state index contributed by atoms with van der Waals surface area (Å²) < 4.78 is 0. The Morgan fingerprint density at radius 3 is 2.76 bits per heavy atom. The van der Waals surface area contributed by atoms with Gasteiger partial charge in [0.25, 0.3) is 11.8 Å². The molecule has 0 saturated carbocycles. The van der Waals surface area contributed by atoms with Crippen LogP contribution in [0.2, 0.25) is 5.02 Å². The molecule has 132 valence electrons. The number of carbonyl (C=O) groups excluding carboxylic acids is 2. The van der Waals surface area contributed by atoms with Crippen molar-refractivity contribution in [2.45, 2.75) is 26.2 Å². The summed E-state index contributed by atoms with van der Waals surface area (Å²) in [6.07, 6.45) is 3.28. The van der Waals surface area contributed by atoms with Gasteiger partial charge in [-0.1, -0.05) is 18.5 Å². The summed E-state index contributed by atoms with van der Waals surface area (Å²) in [5.41, 5.74) is 2.25. The fraction of sp³-hybridized carbons (Fsp3) is 0.368. The molecule has 1 aliphatic rings. The highest BCUT2D eigenvalue weighted by Crippen LogP contribution is 2.32. The first kappa shape index (κ1) is 18.0. The van der Waals surface area contributed by atoms with Crippen LogP contribution in [-0.2, 0) is 12.8 Å². The van der Waals surface area contributed by atoms with Crippen LogP contribution in [0.3, 0.4) is 0 Å². The normalized spacial score (nSPS) is 16.2. The van der Waals surface area contributed by atoms with Gasteiger partial charge in [0.15, 0.2) is 0 Å². The average Bonchev–Trinajstić information content (AvgIpc) is 2.99. The van der Waals surface area contributed by atoms with E-state index < -0.39 is 0 Å². The molecular formula is C19H21ClN2O2S. The minimum Gasteiger partial charge on any atom is -0.345 e. The first-order valence-electron chi connectivity index (χ1n) is 8.29. The molecule has 0 spiro atoms. The van der Waals surface area contributed by atoms with Crippen molar-refractivity contribution in [2.75, 3.05) is 19.4 Å². The molecule has 1 N–H and O–H groups in total. The largest absolute Gasteiger partial charge is 0.345 e. The highest BCUT2D eigenvalue weighted by Gasteiger charge is 2.21. The number of nitrogens with zero attached hydrogens (tertiary/aromatic N) is 1. The van der Waals surface area contributed by atoms with Crippen LogP contribution in [0.15, 0.2) is 24.3 Å². The zero-order valence-electron chi connectivity index (χ0n) is 14.6. The second-order valence-electron chi connectivity index (χ2n) is 6.76. The maximum absolute atomic E-state index is 12.6. The van der Waals surface area contributed by atoms with Crippen LogP contribution < -0.4 is 5.32 Å². The number of benzene rings is 1. The number of amides is 2. The number of hydrogen-bond donors (Lipinski definition) is 1. The maximum Gasteiger partial charge on any atom is 0.265 e. The van der Waals surface area contributed by atoms with E-state index in [9.17, 15) is 9.59 Å². The molecule has 1 unspecified atom stereocenters. The zero-order valence-corrected chi connectivity index (χ0v) is 16.1. The van der Waals surface area contributed by atoms with Crippen LogP contribution in [0.4, 0.5) is 5.69 Å². The Morgan fingerprint density at radius 1 is 1.28 bits per heavy atom. The molecule has 4 nitrogen and oxygen atoms in total. The van der Waals surface area contributed by atoms with Crippen molar-refractivity contribution in [3.8, 4) is 0 Å². The second kappa shape index (κ2) is 7.18. The van der Waals surface area contributed by atoms with Crippen LogP contribution in [0.1, 0.15) is 43.8 Å². The lowest BCUT2D eigenvalue weighted by Crippen LogP contribution is -2.22. The summed E-state index contributed by atoms with van der Waals surface area (Å²) in [5.74, 6) is 0.341. The number of anilines is 1. The Balaban J connectivity index is 1.80. The van der Waals surface area contributed by atoms with Crippen LogP contribution >= 0.6 is 22.9 Å². The highest BCUT2D eigenvalue weighted by molar-refractivity contribution is 7.14. The van der Waals surface area contributed by atoms with Gasteiger partial charge in [-0.2, -0.15) is 0 Å². The predicted molar refractivity (Wildman–Crippen MR) is 103 cm³/mol.